The molecule has 0 fully saturated rings. The Hall–Kier alpha value is -2.40. The van der Waals surface area contributed by atoms with Crippen LogP contribution in [-0.2, 0) is 6.42 Å². The first kappa shape index (κ1) is 16.1. The van der Waals surface area contributed by atoms with Crippen LogP contribution in [0.4, 0.5) is 0 Å². The van der Waals surface area contributed by atoms with Crippen LogP contribution >= 0.6 is 11.6 Å². The zero-order valence-electron chi connectivity index (χ0n) is 14.4. The van der Waals surface area contributed by atoms with Crippen molar-refractivity contribution in [3.63, 3.8) is 0 Å². The fraction of sp³-hybridized carbons (Fsp3) is 0.316. The number of fused-ring (bicyclic) bond motifs is 2. The summed E-state index contributed by atoms with van der Waals surface area (Å²) in [6, 6.07) is 5.87. The van der Waals surface area contributed by atoms with E-state index in [0.717, 1.165) is 39.8 Å². The summed E-state index contributed by atoms with van der Waals surface area (Å²) in [5.41, 5.74) is 5.64. The van der Waals surface area contributed by atoms with Gasteiger partial charge in [0.15, 0.2) is 5.82 Å². The summed E-state index contributed by atoms with van der Waals surface area (Å²) in [5.74, 6) is 0.269. The molecule has 2 aromatic heterocycles. The molecule has 0 saturated carbocycles. The molecule has 1 aromatic carbocycles. The van der Waals surface area contributed by atoms with E-state index in [9.17, 15) is 4.79 Å². The Morgan fingerprint density at radius 3 is 3.00 bits per heavy atom. The predicted molar refractivity (Wildman–Crippen MR) is 98.0 cm³/mol. The maximum atomic E-state index is 13.0. The molecule has 3 aromatic rings. The fourth-order valence-electron chi connectivity index (χ4n) is 3.60. The third kappa shape index (κ3) is 2.50. The highest BCUT2D eigenvalue weighted by molar-refractivity contribution is 6.33. The second-order valence-corrected chi connectivity index (χ2v) is 6.96. The molecule has 0 saturated heterocycles. The number of carbonyl (C=O) groups excluding carboxylic acids is 1. The summed E-state index contributed by atoms with van der Waals surface area (Å²) in [6.45, 7) is 6.55. The summed E-state index contributed by atoms with van der Waals surface area (Å²) in [4.78, 5) is 27.0. The summed E-state index contributed by atoms with van der Waals surface area (Å²) >= 11 is 6.32. The monoisotopic (exact) mass is 354 g/mol. The zero-order valence-corrected chi connectivity index (χ0v) is 15.2. The number of aromatic nitrogens is 3. The van der Waals surface area contributed by atoms with Gasteiger partial charge in [0, 0.05) is 29.9 Å². The normalized spacial score (nSPS) is 17.0. The van der Waals surface area contributed by atoms with Gasteiger partial charge in [0.05, 0.1) is 17.1 Å². The van der Waals surface area contributed by atoms with Crippen LogP contribution in [0.5, 0.6) is 0 Å². The van der Waals surface area contributed by atoms with Crippen molar-refractivity contribution >= 4 is 28.5 Å². The summed E-state index contributed by atoms with van der Waals surface area (Å²) in [5, 5.41) is 0.698. The largest absolute Gasteiger partial charge is 0.334 e. The molecular formula is C19H19ClN4O. The smallest absolute Gasteiger partial charge is 0.290 e. The Morgan fingerprint density at radius 2 is 2.20 bits per heavy atom. The molecule has 5 nitrogen and oxygen atoms in total. The predicted octanol–water partition coefficient (Wildman–Crippen LogP) is 3.99. The molecule has 3 heterocycles. The number of rotatable bonds is 1. The van der Waals surface area contributed by atoms with Gasteiger partial charge in [-0.1, -0.05) is 17.7 Å². The minimum absolute atomic E-state index is 0.0235. The van der Waals surface area contributed by atoms with Gasteiger partial charge >= 0.3 is 0 Å². The molecule has 25 heavy (non-hydrogen) atoms. The molecule has 0 spiro atoms. The summed E-state index contributed by atoms with van der Waals surface area (Å²) < 4.78 is 0. The second kappa shape index (κ2) is 5.85. The molecule has 128 valence electrons. The molecule has 0 aliphatic carbocycles. The lowest BCUT2D eigenvalue weighted by atomic mass is 9.98. The average molecular weight is 355 g/mol. The molecule has 1 aliphatic rings. The van der Waals surface area contributed by atoms with Gasteiger partial charge in [-0.15, -0.1) is 0 Å². The molecule has 0 unspecified atom stereocenters. The minimum atomic E-state index is -0.0913. The number of imidazole rings is 1. The van der Waals surface area contributed by atoms with Crippen LogP contribution in [0.15, 0.2) is 24.4 Å². The fourth-order valence-corrected chi connectivity index (χ4v) is 3.74. The number of H-pyrrole nitrogens is 1. The molecule has 1 N–H and O–H groups in total. The highest BCUT2D eigenvalue weighted by Crippen LogP contribution is 2.31. The van der Waals surface area contributed by atoms with E-state index in [1.54, 1.807) is 6.20 Å². The lowest BCUT2D eigenvalue weighted by Crippen LogP contribution is -2.39. The first-order valence-electron chi connectivity index (χ1n) is 8.37. The number of nitrogens with one attached hydrogen (secondary N) is 1. The van der Waals surface area contributed by atoms with Crippen molar-refractivity contribution in [1.29, 1.82) is 0 Å². The van der Waals surface area contributed by atoms with Gasteiger partial charge < -0.3 is 9.88 Å². The maximum absolute atomic E-state index is 13.0. The standard InChI is InChI=1S/C19H19ClN4O/c1-10-9-15-17(11(2)16(10)20)23-18(22-15)19(25)24-8-6-14-13(12(24)3)5-4-7-21-14/h4-5,7,9,12H,6,8H2,1-3H3,(H,22,23)/t12-/m1/s1. The van der Waals surface area contributed by atoms with Crippen molar-refractivity contribution in [1.82, 2.24) is 19.9 Å². The van der Waals surface area contributed by atoms with Gasteiger partial charge in [0.2, 0.25) is 0 Å². The third-order valence-electron chi connectivity index (χ3n) is 5.02. The van der Waals surface area contributed by atoms with Crippen molar-refractivity contribution in [2.24, 2.45) is 0 Å². The number of halogens is 1. The molecule has 1 amide bonds. The van der Waals surface area contributed by atoms with Gasteiger partial charge in [-0.05, 0) is 49.6 Å². The van der Waals surface area contributed by atoms with Crippen LogP contribution in [0, 0.1) is 13.8 Å². The summed E-state index contributed by atoms with van der Waals surface area (Å²) in [6.07, 6.45) is 2.56. The molecule has 0 bridgehead atoms. The van der Waals surface area contributed by atoms with E-state index in [2.05, 4.69) is 15.0 Å². The number of nitrogens with zero attached hydrogens (tertiary/aromatic N) is 3. The van der Waals surface area contributed by atoms with Gasteiger partial charge in [-0.25, -0.2) is 4.98 Å². The minimum Gasteiger partial charge on any atom is -0.334 e. The van der Waals surface area contributed by atoms with Gasteiger partial charge in [-0.2, -0.15) is 0 Å². The van der Waals surface area contributed by atoms with Crippen molar-refractivity contribution in [3.8, 4) is 0 Å². The van der Waals surface area contributed by atoms with Crippen LogP contribution in [0.2, 0.25) is 5.02 Å². The van der Waals surface area contributed by atoms with Crippen molar-refractivity contribution in [2.45, 2.75) is 33.2 Å². The number of carbonyl (C=O) groups is 1. The number of aryl methyl sites for hydroxylation is 2. The highest BCUT2D eigenvalue weighted by atomic mass is 35.5. The Kier molecular flexibility index (Phi) is 3.76. The molecule has 4 rings (SSSR count). The molecular weight excluding hydrogens is 336 g/mol. The van der Waals surface area contributed by atoms with E-state index in [-0.39, 0.29) is 11.9 Å². The number of amides is 1. The SMILES string of the molecule is Cc1cc2[nH]c(C(=O)N3CCc4ncccc4[C@H]3C)nc2c(C)c1Cl. The number of benzene rings is 1. The quantitative estimate of drug-likeness (QED) is 0.718. The van der Waals surface area contributed by atoms with Gasteiger partial charge in [-0.3, -0.25) is 9.78 Å². The maximum Gasteiger partial charge on any atom is 0.290 e. The Morgan fingerprint density at radius 1 is 1.40 bits per heavy atom. The Bertz CT molecular complexity index is 994. The van der Waals surface area contributed by atoms with E-state index < -0.39 is 0 Å². The Balaban J connectivity index is 1.72. The highest BCUT2D eigenvalue weighted by Gasteiger charge is 2.30. The lowest BCUT2D eigenvalue weighted by Gasteiger charge is -2.34. The van der Waals surface area contributed by atoms with E-state index in [0.29, 0.717) is 17.4 Å². The van der Waals surface area contributed by atoms with Crippen LogP contribution in [0.3, 0.4) is 0 Å². The van der Waals surface area contributed by atoms with Crippen LogP contribution < -0.4 is 0 Å². The molecule has 1 aliphatic heterocycles. The third-order valence-corrected chi connectivity index (χ3v) is 5.60. The van der Waals surface area contributed by atoms with Crippen molar-refractivity contribution < 1.29 is 4.79 Å². The lowest BCUT2D eigenvalue weighted by molar-refractivity contribution is 0.0665. The number of hydrogen-bond acceptors (Lipinski definition) is 3. The zero-order chi connectivity index (χ0) is 17.7. The first-order chi connectivity index (χ1) is 12.0. The van der Waals surface area contributed by atoms with Crippen molar-refractivity contribution in [3.05, 3.63) is 57.6 Å². The molecule has 6 heteroatoms. The first-order valence-corrected chi connectivity index (χ1v) is 8.75. The molecule has 1 atom stereocenters. The van der Waals surface area contributed by atoms with Gasteiger partial charge in [0.25, 0.3) is 5.91 Å². The van der Waals surface area contributed by atoms with Gasteiger partial charge in [0.1, 0.15) is 0 Å². The topological polar surface area (TPSA) is 61.9 Å². The van der Waals surface area contributed by atoms with E-state index in [1.807, 2.05) is 43.9 Å². The summed E-state index contributed by atoms with van der Waals surface area (Å²) in [7, 11) is 0. The van der Waals surface area contributed by atoms with Crippen LogP contribution in [-0.4, -0.2) is 32.3 Å². The average Bonchev–Trinajstić information content (AvgIpc) is 3.04. The number of hydrogen-bond donors (Lipinski definition) is 1. The second-order valence-electron chi connectivity index (χ2n) is 6.58. The Labute approximate surface area is 151 Å². The van der Waals surface area contributed by atoms with Crippen molar-refractivity contribution in [2.75, 3.05) is 6.54 Å². The van der Waals surface area contributed by atoms with Crippen LogP contribution in [0.25, 0.3) is 11.0 Å². The van der Waals surface area contributed by atoms with Crippen LogP contribution in [0.1, 0.15) is 46.0 Å². The van der Waals surface area contributed by atoms with E-state index in [1.165, 1.54) is 0 Å². The molecule has 0 radical (unpaired) electrons. The van der Waals surface area contributed by atoms with E-state index >= 15 is 0 Å². The number of aromatic amines is 1. The number of pyridine rings is 1. The van der Waals surface area contributed by atoms with E-state index in [4.69, 9.17) is 11.6 Å².